The van der Waals surface area contributed by atoms with Gasteiger partial charge in [-0.25, -0.2) is 0 Å². The highest BCUT2D eigenvalue weighted by atomic mass is 16.6. The molecule has 0 aliphatic carbocycles. The molecule has 1 rings (SSSR count). The van der Waals surface area contributed by atoms with Crippen LogP contribution in [0.1, 0.15) is 45.4 Å². The van der Waals surface area contributed by atoms with E-state index >= 15 is 0 Å². The van der Waals surface area contributed by atoms with Crippen LogP contribution in [0.25, 0.3) is 0 Å². The molecule has 0 bridgehead atoms. The van der Waals surface area contributed by atoms with Gasteiger partial charge < -0.3 is 4.74 Å². The van der Waals surface area contributed by atoms with Gasteiger partial charge in [-0.05, 0) is 12.8 Å². The van der Waals surface area contributed by atoms with Gasteiger partial charge in [0.1, 0.15) is 0 Å². The fourth-order valence-corrected chi connectivity index (χ4v) is 1.59. The number of hydrogen-bond donors (Lipinski definition) is 0. The first-order valence-corrected chi connectivity index (χ1v) is 5.65. The molecule has 1 aliphatic rings. The van der Waals surface area contributed by atoms with E-state index in [9.17, 15) is 9.59 Å². The van der Waals surface area contributed by atoms with E-state index in [2.05, 4.69) is 11.7 Å². The number of esters is 2. The van der Waals surface area contributed by atoms with Crippen LogP contribution in [0.15, 0.2) is 12.2 Å². The summed E-state index contributed by atoms with van der Waals surface area (Å²) in [6.45, 7) is 2.18. The molecule has 0 aromatic rings. The minimum Gasteiger partial charge on any atom is -0.393 e. The zero-order valence-electron chi connectivity index (χ0n) is 9.20. The van der Waals surface area contributed by atoms with E-state index in [1.54, 1.807) is 6.08 Å². The first-order chi connectivity index (χ1) is 7.24. The van der Waals surface area contributed by atoms with Gasteiger partial charge >= 0.3 is 11.9 Å². The van der Waals surface area contributed by atoms with Gasteiger partial charge in [-0.3, -0.25) is 9.59 Å². The average Bonchev–Trinajstić information content (AvgIpc) is 2.51. The summed E-state index contributed by atoms with van der Waals surface area (Å²) in [7, 11) is 0. The molecule has 0 aromatic heterocycles. The number of cyclic esters (lactones) is 2. The molecule has 0 spiro atoms. The van der Waals surface area contributed by atoms with Crippen LogP contribution in [-0.4, -0.2) is 11.9 Å². The van der Waals surface area contributed by atoms with Crippen LogP contribution in [0.3, 0.4) is 0 Å². The number of ether oxygens (including phenoxy) is 1. The standard InChI is InChI=1S/C12H18O3/c1-2-3-4-5-6-7-8-10-9-11(13)15-12(10)14/h7-8,10H,2-6,9H2,1H3/t10-/m0/s1. The summed E-state index contributed by atoms with van der Waals surface area (Å²) in [4.78, 5) is 21.8. The molecule has 84 valence electrons. The summed E-state index contributed by atoms with van der Waals surface area (Å²) in [5.74, 6) is -1.13. The maximum atomic E-state index is 11.1. The van der Waals surface area contributed by atoms with Crippen molar-refractivity contribution >= 4 is 11.9 Å². The number of carbonyl (C=O) groups excluding carboxylic acids is 2. The Labute approximate surface area is 90.5 Å². The van der Waals surface area contributed by atoms with Crippen molar-refractivity contribution in [2.24, 2.45) is 5.92 Å². The molecule has 1 fully saturated rings. The summed E-state index contributed by atoms with van der Waals surface area (Å²) in [5, 5.41) is 0. The van der Waals surface area contributed by atoms with Gasteiger partial charge in [-0.1, -0.05) is 38.3 Å². The third-order valence-electron chi connectivity index (χ3n) is 2.50. The molecule has 3 heteroatoms. The van der Waals surface area contributed by atoms with E-state index in [1.165, 1.54) is 19.3 Å². The number of unbranched alkanes of at least 4 members (excludes halogenated alkanes) is 4. The number of allylic oxidation sites excluding steroid dienone is 1. The van der Waals surface area contributed by atoms with Crippen LogP contribution in [0, 0.1) is 5.92 Å². The van der Waals surface area contributed by atoms with E-state index in [-0.39, 0.29) is 12.3 Å². The molecule has 15 heavy (non-hydrogen) atoms. The zero-order chi connectivity index (χ0) is 11.1. The average molecular weight is 210 g/mol. The maximum Gasteiger partial charge on any atom is 0.321 e. The Bertz CT molecular complexity index is 256. The summed E-state index contributed by atoms with van der Waals surface area (Å²) in [6.07, 6.45) is 9.86. The van der Waals surface area contributed by atoms with Gasteiger partial charge in [0.2, 0.25) is 0 Å². The van der Waals surface area contributed by atoms with Crippen molar-refractivity contribution in [2.45, 2.75) is 45.4 Å². The zero-order valence-corrected chi connectivity index (χ0v) is 9.20. The van der Waals surface area contributed by atoms with Gasteiger partial charge in [0.05, 0.1) is 12.3 Å². The van der Waals surface area contributed by atoms with Gasteiger partial charge in [0.15, 0.2) is 0 Å². The Morgan fingerprint density at radius 3 is 2.73 bits per heavy atom. The molecule has 0 N–H and O–H groups in total. The lowest BCUT2D eigenvalue weighted by molar-refractivity contribution is -0.152. The number of rotatable bonds is 6. The Morgan fingerprint density at radius 2 is 2.13 bits per heavy atom. The van der Waals surface area contributed by atoms with Crippen LogP contribution in [0.4, 0.5) is 0 Å². The van der Waals surface area contributed by atoms with Crippen molar-refractivity contribution in [3.05, 3.63) is 12.2 Å². The molecular weight excluding hydrogens is 192 g/mol. The van der Waals surface area contributed by atoms with Crippen molar-refractivity contribution in [1.82, 2.24) is 0 Å². The predicted molar refractivity (Wildman–Crippen MR) is 57.1 cm³/mol. The van der Waals surface area contributed by atoms with Crippen molar-refractivity contribution < 1.29 is 14.3 Å². The topological polar surface area (TPSA) is 43.4 Å². The first-order valence-electron chi connectivity index (χ1n) is 5.65. The summed E-state index contributed by atoms with van der Waals surface area (Å²) in [5.41, 5.74) is 0. The molecule has 1 aliphatic heterocycles. The Morgan fingerprint density at radius 1 is 1.33 bits per heavy atom. The van der Waals surface area contributed by atoms with E-state index in [0.717, 1.165) is 12.8 Å². The van der Waals surface area contributed by atoms with Gasteiger partial charge in [0, 0.05) is 0 Å². The van der Waals surface area contributed by atoms with Gasteiger partial charge in [-0.2, -0.15) is 0 Å². The lowest BCUT2D eigenvalue weighted by Crippen LogP contribution is -2.03. The second-order valence-electron chi connectivity index (χ2n) is 3.88. The largest absolute Gasteiger partial charge is 0.393 e. The van der Waals surface area contributed by atoms with Crippen molar-refractivity contribution in [1.29, 1.82) is 0 Å². The highest BCUT2D eigenvalue weighted by Crippen LogP contribution is 2.17. The third kappa shape index (κ3) is 4.28. The van der Waals surface area contributed by atoms with Crippen molar-refractivity contribution in [3.63, 3.8) is 0 Å². The Balaban J connectivity index is 2.15. The second kappa shape index (κ2) is 6.38. The van der Waals surface area contributed by atoms with E-state index < -0.39 is 11.9 Å². The highest BCUT2D eigenvalue weighted by molar-refractivity contribution is 5.95. The molecule has 0 amide bonds. The molecule has 1 atom stereocenters. The highest BCUT2D eigenvalue weighted by Gasteiger charge is 2.30. The van der Waals surface area contributed by atoms with E-state index in [0.29, 0.717) is 0 Å². The van der Waals surface area contributed by atoms with Gasteiger partial charge in [0.25, 0.3) is 0 Å². The lowest BCUT2D eigenvalue weighted by atomic mass is 10.1. The lowest BCUT2D eigenvalue weighted by Gasteiger charge is -1.96. The number of hydrogen-bond acceptors (Lipinski definition) is 3. The summed E-state index contributed by atoms with van der Waals surface area (Å²) < 4.78 is 4.44. The van der Waals surface area contributed by atoms with Gasteiger partial charge in [-0.15, -0.1) is 0 Å². The van der Waals surface area contributed by atoms with Crippen LogP contribution >= 0.6 is 0 Å². The van der Waals surface area contributed by atoms with E-state index in [1.807, 2.05) is 6.08 Å². The molecule has 1 saturated heterocycles. The normalized spacial score (nSPS) is 21.3. The predicted octanol–water partition coefficient (Wildman–Crippen LogP) is 2.60. The summed E-state index contributed by atoms with van der Waals surface area (Å²) >= 11 is 0. The van der Waals surface area contributed by atoms with Crippen molar-refractivity contribution in [2.75, 3.05) is 0 Å². The third-order valence-corrected chi connectivity index (χ3v) is 2.50. The minimum atomic E-state index is -0.402. The monoisotopic (exact) mass is 210 g/mol. The van der Waals surface area contributed by atoms with E-state index in [4.69, 9.17) is 0 Å². The van der Waals surface area contributed by atoms with Crippen LogP contribution in [0.2, 0.25) is 0 Å². The molecule has 0 radical (unpaired) electrons. The van der Waals surface area contributed by atoms with Crippen LogP contribution < -0.4 is 0 Å². The Hall–Kier alpha value is -1.12. The minimum absolute atomic E-state index is 0.213. The quantitative estimate of drug-likeness (QED) is 0.293. The van der Waals surface area contributed by atoms with Crippen LogP contribution in [0.5, 0.6) is 0 Å². The fraction of sp³-hybridized carbons (Fsp3) is 0.667. The van der Waals surface area contributed by atoms with Crippen LogP contribution in [-0.2, 0) is 14.3 Å². The number of carbonyl (C=O) groups is 2. The summed E-state index contributed by atoms with van der Waals surface area (Å²) in [6, 6.07) is 0. The first kappa shape index (κ1) is 12.0. The smallest absolute Gasteiger partial charge is 0.321 e. The molecule has 3 nitrogen and oxygen atoms in total. The second-order valence-corrected chi connectivity index (χ2v) is 3.88. The van der Waals surface area contributed by atoms with Crippen molar-refractivity contribution in [3.8, 4) is 0 Å². The SMILES string of the molecule is CCCCCCC=C[C@H]1CC(=O)OC1=O. The molecule has 0 unspecified atom stereocenters. The molecular formula is C12H18O3. The molecule has 1 heterocycles. The fourth-order valence-electron chi connectivity index (χ4n) is 1.59. The maximum absolute atomic E-state index is 11.1. The Kier molecular flexibility index (Phi) is 5.08. The molecule has 0 aromatic carbocycles. The molecule has 0 saturated carbocycles.